The molecule has 0 spiro atoms. The predicted octanol–water partition coefficient (Wildman–Crippen LogP) is 0.495. The molecule has 0 radical (unpaired) electrons. The zero-order valence-corrected chi connectivity index (χ0v) is 8.30. The van der Waals surface area contributed by atoms with Crippen molar-refractivity contribution in [1.82, 2.24) is 5.32 Å². The third kappa shape index (κ3) is 2.79. The van der Waals surface area contributed by atoms with Crippen molar-refractivity contribution in [1.29, 1.82) is 0 Å². The number of carbonyl (C=O) groups excluding carboxylic acids is 1. The molecule has 1 aromatic carbocycles. The molecule has 1 amide bonds. The molecule has 0 aliphatic rings. The quantitative estimate of drug-likeness (QED) is 0.657. The average molecular weight is 206 g/mol. The van der Waals surface area contributed by atoms with E-state index in [1.54, 1.807) is 6.07 Å². The molecule has 15 heavy (non-hydrogen) atoms. The van der Waals surface area contributed by atoms with Crippen molar-refractivity contribution >= 4 is 5.91 Å². The Balaban J connectivity index is 3.03. The molecule has 1 aromatic rings. The van der Waals surface area contributed by atoms with Gasteiger partial charge >= 0.3 is 0 Å². The van der Waals surface area contributed by atoms with Gasteiger partial charge in [-0.2, -0.15) is 0 Å². The molecule has 0 heterocycles. The molecule has 0 aliphatic heterocycles. The molecule has 1 rings (SSSR count). The van der Waals surface area contributed by atoms with Crippen LogP contribution in [-0.4, -0.2) is 19.5 Å². The lowest BCUT2D eigenvalue weighted by atomic mass is 10.1. The van der Waals surface area contributed by atoms with Gasteiger partial charge < -0.3 is 11.1 Å². The van der Waals surface area contributed by atoms with Gasteiger partial charge in [0.15, 0.2) is 0 Å². The van der Waals surface area contributed by atoms with Crippen molar-refractivity contribution in [2.75, 3.05) is 13.6 Å². The molecular formula is C11H11FN2O. The minimum absolute atomic E-state index is 0.01000. The normalized spacial score (nSPS) is 9.00. The van der Waals surface area contributed by atoms with E-state index in [-0.39, 0.29) is 12.1 Å². The van der Waals surface area contributed by atoms with E-state index in [1.165, 1.54) is 19.2 Å². The molecule has 0 aliphatic carbocycles. The van der Waals surface area contributed by atoms with Crippen LogP contribution < -0.4 is 11.1 Å². The molecule has 0 unspecified atom stereocenters. The summed E-state index contributed by atoms with van der Waals surface area (Å²) in [5.41, 5.74) is 5.70. The summed E-state index contributed by atoms with van der Waals surface area (Å²) in [6.07, 6.45) is 0. The fourth-order valence-electron chi connectivity index (χ4n) is 1.06. The van der Waals surface area contributed by atoms with E-state index in [4.69, 9.17) is 5.73 Å². The monoisotopic (exact) mass is 206 g/mol. The van der Waals surface area contributed by atoms with Gasteiger partial charge in [0.1, 0.15) is 5.82 Å². The first-order valence-electron chi connectivity index (χ1n) is 4.39. The van der Waals surface area contributed by atoms with Crippen LogP contribution in [0, 0.1) is 17.7 Å². The summed E-state index contributed by atoms with van der Waals surface area (Å²) in [4.78, 5) is 11.2. The van der Waals surface area contributed by atoms with Gasteiger partial charge in [0.2, 0.25) is 0 Å². The molecule has 0 fully saturated rings. The zero-order valence-electron chi connectivity index (χ0n) is 8.30. The number of amides is 1. The number of carbonyl (C=O) groups is 1. The van der Waals surface area contributed by atoms with Crippen LogP contribution in [0.1, 0.15) is 15.9 Å². The van der Waals surface area contributed by atoms with Gasteiger partial charge in [-0.1, -0.05) is 11.8 Å². The highest BCUT2D eigenvalue weighted by Crippen LogP contribution is 2.09. The highest BCUT2D eigenvalue weighted by atomic mass is 19.1. The number of benzene rings is 1. The first kappa shape index (κ1) is 11.2. The van der Waals surface area contributed by atoms with Gasteiger partial charge in [0, 0.05) is 12.6 Å². The highest BCUT2D eigenvalue weighted by molar-refractivity contribution is 5.94. The summed E-state index contributed by atoms with van der Waals surface area (Å²) in [5, 5.41) is 2.35. The minimum Gasteiger partial charge on any atom is -0.355 e. The fourth-order valence-corrected chi connectivity index (χ4v) is 1.06. The van der Waals surface area contributed by atoms with E-state index < -0.39 is 11.7 Å². The van der Waals surface area contributed by atoms with Gasteiger partial charge in [-0.3, -0.25) is 4.79 Å². The molecule has 3 nitrogen and oxygen atoms in total. The van der Waals surface area contributed by atoms with Crippen LogP contribution in [0.2, 0.25) is 0 Å². The Labute approximate surface area is 87.5 Å². The van der Waals surface area contributed by atoms with Gasteiger partial charge in [-0.15, -0.1) is 0 Å². The summed E-state index contributed by atoms with van der Waals surface area (Å²) in [7, 11) is 1.45. The molecule has 0 saturated carbocycles. The average Bonchev–Trinajstić information content (AvgIpc) is 2.25. The zero-order chi connectivity index (χ0) is 11.3. The second-order valence-electron chi connectivity index (χ2n) is 2.78. The van der Waals surface area contributed by atoms with Crippen molar-refractivity contribution in [2.24, 2.45) is 5.73 Å². The summed E-state index contributed by atoms with van der Waals surface area (Å²) in [5.74, 6) is 4.25. The maximum Gasteiger partial charge on any atom is 0.253 e. The Morgan fingerprint density at radius 1 is 1.60 bits per heavy atom. The lowest BCUT2D eigenvalue weighted by Crippen LogP contribution is -2.19. The first-order chi connectivity index (χ1) is 7.19. The highest BCUT2D eigenvalue weighted by Gasteiger charge is 2.09. The molecule has 0 aromatic heterocycles. The standard InChI is InChI=1S/C11H11FN2O/c1-14-11(15)9-5-4-8(3-2-6-13)7-10(9)12/h4-5,7H,6,13H2,1H3,(H,14,15). The number of hydrogen-bond acceptors (Lipinski definition) is 2. The Hall–Kier alpha value is -1.86. The maximum absolute atomic E-state index is 13.4. The van der Waals surface area contributed by atoms with E-state index in [2.05, 4.69) is 17.2 Å². The summed E-state index contributed by atoms with van der Waals surface area (Å²) in [6, 6.07) is 4.19. The van der Waals surface area contributed by atoms with Crippen LogP contribution in [0.3, 0.4) is 0 Å². The molecule has 0 saturated heterocycles. The molecule has 3 N–H and O–H groups in total. The van der Waals surface area contributed by atoms with Crippen LogP contribution in [0.15, 0.2) is 18.2 Å². The molecule has 4 heteroatoms. The summed E-state index contributed by atoms with van der Waals surface area (Å²) >= 11 is 0. The van der Waals surface area contributed by atoms with E-state index in [0.29, 0.717) is 5.56 Å². The van der Waals surface area contributed by atoms with Crippen molar-refractivity contribution in [2.45, 2.75) is 0 Å². The second-order valence-corrected chi connectivity index (χ2v) is 2.78. The Bertz CT molecular complexity index is 432. The fraction of sp³-hybridized carbons (Fsp3) is 0.182. The largest absolute Gasteiger partial charge is 0.355 e. The smallest absolute Gasteiger partial charge is 0.253 e. The van der Waals surface area contributed by atoms with E-state index >= 15 is 0 Å². The number of nitrogens with one attached hydrogen (secondary N) is 1. The summed E-state index contributed by atoms with van der Waals surface area (Å²) < 4.78 is 13.4. The topological polar surface area (TPSA) is 55.1 Å². The van der Waals surface area contributed by atoms with Gasteiger partial charge in [0.25, 0.3) is 5.91 Å². The predicted molar refractivity (Wildman–Crippen MR) is 55.7 cm³/mol. The Morgan fingerprint density at radius 2 is 2.33 bits per heavy atom. The minimum atomic E-state index is -0.585. The maximum atomic E-state index is 13.4. The van der Waals surface area contributed by atoms with Crippen LogP contribution in [0.25, 0.3) is 0 Å². The van der Waals surface area contributed by atoms with Gasteiger partial charge in [0.05, 0.1) is 12.1 Å². The third-order valence-electron chi connectivity index (χ3n) is 1.78. The van der Waals surface area contributed by atoms with Crippen molar-refractivity contribution in [3.8, 4) is 11.8 Å². The Kier molecular flexibility index (Phi) is 3.83. The van der Waals surface area contributed by atoms with Crippen molar-refractivity contribution in [3.05, 3.63) is 35.1 Å². The van der Waals surface area contributed by atoms with E-state index in [1.807, 2.05) is 0 Å². The van der Waals surface area contributed by atoms with Crippen LogP contribution in [-0.2, 0) is 0 Å². The van der Waals surface area contributed by atoms with Crippen LogP contribution in [0.4, 0.5) is 4.39 Å². The van der Waals surface area contributed by atoms with Crippen molar-refractivity contribution < 1.29 is 9.18 Å². The second kappa shape index (κ2) is 5.13. The first-order valence-corrected chi connectivity index (χ1v) is 4.39. The van der Waals surface area contributed by atoms with Crippen molar-refractivity contribution in [3.63, 3.8) is 0 Å². The number of hydrogen-bond donors (Lipinski definition) is 2. The Morgan fingerprint density at radius 3 is 2.87 bits per heavy atom. The van der Waals surface area contributed by atoms with Crippen LogP contribution in [0.5, 0.6) is 0 Å². The van der Waals surface area contributed by atoms with Gasteiger partial charge in [-0.25, -0.2) is 4.39 Å². The number of nitrogens with two attached hydrogens (primary N) is 1. The van der Waals surface area contributed by atoms with Gasteiger partial charge in [-0.05, 0) is 18.2 Å². The third-order valence-corrected chi connectivity index (χ3v) is 1.78. The lowest BCUT2D eigenvalue weighted by Gasteiger charge is -2.01. The van der Waals surface area contributed by atoms with E-state index in [0.717, 1.165) is 0 Å². The molecule has 0 bridgehead atoms. The van der Waals surface area contributed by atoms with E-state index in [9.17, 15) is 9.18 Å². The summed E-state index contributed by atoms with van der Waals surface area (Å²) in [6.45, 7) is 0.221. The lowest BCUT2D eigenvalue weighted by molar-refractivity contribution is 0.0959. The molecular weight excluding hydrogens is 195 g/mol. The molecule has 0 atom stereocenters. The SMILES string of the molecule is CNC(=O)c1ccc(C#CCN)cc1F. The van der Waals surface area contributed by atoms with Crippen LogP contribution >= 0.6 is 0 Å². The molecule has 78 valence electrons. The number of rotatable bonds is 1. The number of halogens is 1.